The van der Waals surface area contributed by atoms with Crippen LogP contribution < -0.4 is 0 Å². The van der Waals surface area contributed by atoms with Crippen molar-refractivity contribution in [2.24, 2.45) is 5.92 Å². The van der Waals surface area contributed by atoms with Crippen molar-refractivity contribution in [2.75, 3.05) is 6.61 Å². The van der Waals surface area contributed by atoms with Gasteiger partial charge in [-0.15, -0.1) is 13.2 Å². The van der Waals surface area contributed by atoms with E-state index < -0.39 is 17.1 Å². The van der Waals surface area contributed by atoms with Gasteiger partial charge in [-0.25, -0.2) is 0 Å². The average Bonchev–Trinajstić information content (AvgIpc) is 2.65. The molecule has 5 heteroatoms. The van der Waals surface area contributed by atoms with Crippen LogP contribution in [-0.4, -0.2) is 29.8 Å². The molecular formula is C24H50O3Si2. The third kappa shape index (κ3) is 15.3. The van der Waals surface area contributed by atoms with E-state index in [1.165, 1.54) is 57.8 Å². The van der Waals surface area contributed by atoms with E-state index in [2.05, 4.69) is 53.9 Å². The van der Waals surface area contributed by atoms with Crippen LogP contribution in [0.4, 0.5) is 0 Å². The van der Waals surface area contributed by atoms with Gasteiger partial charge in [0.05, 0.1) is 0 Å². The zero-order valence-corrected chi connectivity index (χ0v) is 22.4. The third-order valence-electron chi connectivity index (χ3n) is 5.27. The molecule has 0 saturated carbocycles. The van der Waals surface area contributed by atoms with Gasteiger partial charge in [0.15, 0.2) is 0 Å². The Hall–Kier alpha value is -0.206. The largest absolute Gasteiger partial charge is 0.409 e. The maximum atomic E-state index is 6.47. The fourth-order valence-electron chi connectivity index (χ4n) is 3.62. The molecule has 3 atom stereocenters. The molecule has 0 aliphatic carbocycles. The number of hydrogen-bond acceptors (Lipinski definition) is 3. The Morgan fingerprint density at radius 1 is 0.759 bits per heavy atom. The van der Waals surface area contributed by atoms with E-state index in [1.807, 2.05) is 11.4 Å². The van der Waals surface area contributed by atoms with Crippen molar-refractivity contribution in [1.29, 1.82) is 0 Å². The van der Waals surface area contributed by atoms with E-state index in [0.717, 1.165) is 19.4 Å². The molecule has 0 spiro atoms. The summed E-state index contributed by atoms with van der Waals surface area (Å²) in [4.78, 5) is 0. The van der Waals surface area contributed by atoms with Gasteiger partial charge in [0.2, 0.25) is 0 Å². The summed E-state index contributed by atoms with van der Waals surface area (Å²) in [7, 11) is -4.93. The van der Waals surface area contributed by atoms with E-state index in [4.69, 9.17) is 13.0 Å². The summed E-state index contributed by atoms with van der Waals surface area (Å²) in [5.74, 6) is 0.601. The van der Waals surface area contributed by atoms with E-state index in [1.54, 1.807) is 0 Å². The first-order chi connectivity index (χ1) is 13.7. The lowest BCUT2D eigenvalue weighted by molar-refractivity contribution is 0.139. The van der Waals surface area contributed by atoms with Gasteiger partial charge in [0.1, 0.15) is 0 Å². The topological polar surface area (TPSA) is 27.7 Å². The summed E-state index contributed by atoms with van der Waals surface area (Å²) >= 11 is 0. The van der Waals surface area contributed by atoms with Gasteiger partial charge in [-0.2, -0.15) is 0 Å². The number of hydrogen-bond donors (Lipinski definition) is 0. The normalized spacial score (nSPS) is 16.9. The second kappa shape index (κ2) is 16.5. The standard InChI is InChI=1S/C24H50O3Si2/c1-9-12-13-14-15-16-17-18-19-20-21-25-28(7,10-2)27-29(8,11-3)26-24(6)22-23(4)5/h10-11,23-24H,2-3,9,12-22H2,1,4-8H3. The summed E-state index contributed by atoms with van der Waals surface area (Å²) in [5, 5.41) is 0. The lowest BCUT2D eigenvalue weighted by Crippen LogP contribution is -2.51. The van der Waals surface area contributed by atoms with Gasteiger partial charge in [0.25, 0.3) is 0 Å². The van der Waals surface area contributed by atoms with Crippen LogP contribution in [0.5, 0.6) is 0 Å². The van der Waals surface area contributed by atoms with Gasteiger partial charge < -0.3 is 13.0 Å². The van der Waals surface area contributed by atoms with Crippen LogP contribution in [0.1, 0.15) is 98.3 Å². The molecule has 0 aromatic heterocycles. The second-order valence-corrected chi connectivity index (χ2v) is 15.4. The van der Waals surface area contributed by atoms with Crippen LogP contribution in [0.25, 0.3) is 0 Å². The van der Waals surface area contributed by atoms with Crippen molar-refractivity contribution in [2.45, 2.75) is 118 Å². The maximum Gasteiger partial charge on any atom is 0.352 e. The molecule has 0 aromatic rings. The van der Waals surface area contributed by atoms with E-state index >= 15 is 0 Å². The molecule has 172 valence electrons. The molecule has 0 N–H and O–H groups in total. The van der Waals surface area contributed by atoms with E-state index in [-0.39, 0.29) is 6.10 Å². The Morgan fingerprint density at radius 2 is 1.24 bits per heavy atom. The average molecular weight is 443 g/mol. The highest BCUT2D eigenvalue weighted by Crippen LogP contribution is 2.23. The van der Waals surface area contributed by atoms with Gasteiger partial charge >= 0.3 is 17.1 Å². The highest BCUT2D eigenvalue weighted by Gasteiger charge is 2.40. The van der Waals surface area contributed by atoms with Crippen LogP contribution in [0.2, 0.25) is 13.1 Å². The molecule has 0 aromatic carbocycles. The molecule has 0 fully saturated rings. The predicted octanol–water partition coefficient (Wildman–Crippen LogP) is 7.99. The molecule has 29 heavy (non-hydrogen) atoms. The molecule has 3 nitrogen and oxygen atoms in total. The summed E-state index contributed by atoms with van der Waals surface area (Å²) in [6.45, 7) is 21.7. The minimum Gasteiger partial charge on any atom is -0.409 e. The Labute approximate surface area is 184 Å². The summed E-state index contributed by atoms with van der Waals surface area (Å²) in [5.41, 5.74) is 3.76. The summed E-state index contributed by atoms with van der Waals surface area (Å²) < 4.78 is 19.0. The first-order valence-electron chi connectivity index (χ1n) is 12.0. The smallest absolute Gasteiger partial charge is 0.352 e. The zero-order chi connectivity index (χ0) is 22.2. The SMILES string of the molecule is C=C[Si](C)(OCCCCCCCCCCCC)O[Si](C)(C=C)OC(C)CC(C)C. The van der Waals surface area contributed by atoms with Crippen LogP contribution in [0.3, 0.4) is 0 Å². The Bertz CT molecular complexity index is 430. The predicted molar refractivity (Wildman–Crippen MR) is 133 cm³/mol. The number of rotatable bonds is 20. The molecule has 0 rings (SSSR count). The van der Waals surface area contributed by atoms with Crippen LogP contribution in [0.15, 0.2) is 24.6 Å². The van der Waals surface area contributed by atoms with Gasteiger partial charge in [-0.05, 0) is 38.8 Å². The molecule has 0 heterocycles. The number of unbranched alkanes of at least 4 members (excludes halogenated alkanes) is 9. The first kappa shape index (κ1) is 28.8. The summed E-state index contributed by atoms with van der Waals surface area (Å²) in [6.07, 6.45) is 14.5. The van der Waals surface area contributed by atoms with Crippen molar-refractivity contribution >= 4 is 17.1 Å². The second-order valence-electron chi connectivity index (χ2n) is 9.13. The van der Waals surface area contributed by atoms with Crippen LogP contribution in [0, 0.1) is 5.92 Å². The fraction of sp³-hybridized carbons (Fsp3) is 0.833. The zero-order valence-electron chi connectivity index (χ0n) is 20.4. The van der Waals surface area contributed by atoms with Crippen molar-refractivity contribution in [3.05, 3.63) is 24.6 Å². The molecule has 0 saturated heterocycles. The molecule has 0 aliphatic rings. The fourth-order valence-corrected chi connectivity index (χ4v) is 9.59. The van der Waals surface area contributed by atoms with Crippen LogP contribution >= 0.6 is 0 Å². The quantitative estimate of drug-likeness (QED) is 0.141. The van der Waals surface area contributed by atoms with Gasteiger partial charge in [0, 0.05) is 12.7 Å². The Morgan fingerprint density at radius 3 is 1.69 bits per heavy atom. The van der Waals surface area contributed by atoms with Gasteiger partial charge in [-0.1, -0.05) is 90.0 Å². The maximum absolute atomic E-state index is 6.47. The van der Waals surface area contributed by atoms with Crippen LogP contribution in [-0.2, 0) is 13.0 Å². The van der Waals surface area contributed by atoms with Crippen molar-refractivity contribution < 1.29 is 13.0 Å². The molecular weight excluding hydrogens is 392 g/mol. The van der Waals surface area contributed by atoms with Crippen molar-refractivity contribution in [3.8, 4) is 0 Å². The highest BCUT2D eigenvalue weighted by molar-refractivity contribution is 6.84. The lowest BCUT2D eigenvalue weighted by atomic mass is 10.1. The van der Waals surface area contributed by atoms with Crippen molar-refractivity contribution in [3.63, 3.8) is 0 Å². The molecule has 3 unspecified atom stereocenters. The third-order valence-corrected chi connectivity index (χ3v) is 11.6. The van der Waals surface area contributed by atoms with E-state index in [0.29, 0.717) is 5.92 Å². The highest BCUT2D eigenvalue weighted by atomic mass is 28.5. The first-order valence-corrected chi connectivity index (χ1v) is 16.8. The minimum absolute atomic E-state index is 0.162. The van der Waals surface area contributed by atoms with E-state index in [9.17, 15) is 0 Å². The molecule has 0 aliphatic heterocycles. The monoisotopic (exact) mass is 442 g/mol. The summed E-state index contributed by atoms with van der Waals surface area (Å²) in [6, 6.07) is 0. The minimum atomic E-state index is -2.48. The lowest BCUT2D eigenvalue weighted by Gasteiger charge is -2.35. The Kier molecular flexibility index (Phi) is 16.4. The Balaban J connectivity index is 4.16. The molecule has 0 radical (unpaired) electrons. The van der Waals surface area contributed by atoms with Gasteiger partial charge in [-0.3, -0.25) is 0 Å². The molecule has 0 bridgehead atoms. The van der Waals surface area contributed by atoms with Crippen molar-refractivity contribution in [1.82, 2.24) is 0 Å². The molecule has 0 amide bonds.